The van der Waals surface area contributed by atoms with Crippen LogP contribution in [-0.2, 0) is 38.5 Å². The maximum atomic E-state index is 14.4. The highest BCUT2D eigenvalue weighted by Crippen LogP contribution is 2.29. The first kappa shape index (κ1) is 42.0. The van der Waals surface area contributed by atoms with Crippen molar-refractivity contribution in [1.29, 1.82) is 0 Å². The smallest absolute Gasteiger partial charge is 0.410 e. The van der Waals surface area contributed by atoms with Crippen LogP contribution in [-0.4, -0.2) is 139 Å². The second-order valence-electron chi connectivity index (χ2n) is 16.3. The number of rotatable bonds is 12. The monoisotopic (exact) mass is 808 g/mol. The lowest BCUT2D eigenvalue weighted by Crippen LogP contribution is -2.57. The average Bonchev–Trinajstić information content (AvgIpc) is 3.41. The van der Waals surface area contributed by atoms with Crippen molar-refractivity contribution < 1.29 is 33.4 Å². The van der Waals surface area contributed by atoms with Crippen molar-refractivity contribution in [1.82, 2.24) is 24.5 Å². The molecule has 4 aliphatic heterocycles. The normalized spacial score (nSPS) is 19.0. The molecule has 59 heavy (non-hydrogen) atoms. The van der Waals surface area contributed by atoms with Crippen molar-refractivity contribution in [3.8, 4) is 5.75 Å². The van der Waals surface area contributed by atoms with Gasteiger partial charge in [0.25, 0.3) is 5.91 Å². The lowest BCUT2D eigenvalue weighted by molar-refractivity contribution is -0.144. The molecule has 7 rings (SSSR count). The predicted molar refractivity (Wildman–Crippen MR) is 225 cm³/mol. The lowest BCUT2D eigenvalue weighted by Gasteiger charge is -2.43. The second-order valence-corrected chi connectivity index (χ2v) is 16.3. The molecule has 3 aromatic rings. The van der Waals surface area contributed by atoms with Crippen LogP contribution in [0.15, 0.2) is 66.7 Å². The SMILES string of the molecule is CCOC(=O)CN1CCC(N2CCN(C(=O)C(Cc3cc(C)c(OCc4ccccc4)c(C)c3)OC(=O)N3CCC(N4CCc5ccccc5NC4=O)CC3)CC2)CC1. The molecular weight excluding hydrogens is 749 g/mol. The largest absolute Gasteiger partial charge is 0.488 e. The van der Waals surface area contributed by atoms with Crippen LogP contribution >= 0.6 is 0 Å². The van der Waals surface area contributed by atoms with Gasteiger partial charge in [-0.1, -0.05) is 60.7 Å². The summed E-state index contributed by atoms with van der Waals surface area (Å²) in [6, 6.07) is 22.3. The second kappa shape index (κ2) is 19.7. The third-order valence-corrected chi connectivity index (χ3v) is 12.3. The van der Waals surface area contributed by atoms with Crippen LogP contribution in [0.25, 0.3) is 0 Å². The van der Waals surface area contributed by atoms with E-state index in [1.165, 1.54) is 0 Å². The number of hydrogen-bond donors (Lipinski definition) is 1. The molecule has 3 aromatic carbocycles. The molecule has 0 aliphatic carbocycles. The highest BCUT2D eigenvalue weighted by atomic mass is 16.6. The molecular formula is C46H60N6O7. The van der Waals surface area contributed by atoms with Crippen molar-refractivity contribution in [2.75, 3.05) is 77.4 Å². The fraction of sp³-hybridized carbons (Fsp3) is 0.522. The first-order chi connectivity index (χ1) is 28.6. The molecule has 0 aromatic heterocycles. The number of benzene rings is 3. The topological polar surface area (TPSA) is 124 Å². The molecule has 0 saturated carbocycles. The van der Waals surface area contributed by atoms with Crippen LogP contribution < -0.4 is 10.1 Å². The molecule has 0 spiro atoms. The zero-order chi connectivity index (χ0) is 41.3. The summed E-state index contributed by atoms with van der Waals surface area (Å²) in [5.74, 6) is 0.451. The number of piperazine rings is 1. The lowest BCUT2D eigenvalue weighted by atomic mass is 10.00. The minimum Gasteiger partial charge on any atom is -0.488 e. The van der Waals surface area contributed by atoms with Gasteiger partial charge in [-0.2, -0.15) is 0 Å². The van der Waals surface area contributed by atoms with Gasteiger partial charge in [-0.25, -0.2) is 9.59 Å². The van der Waals surface area contributed by atoms with E-state index in [0.717, 1.165) is 84.7 Å². The fourth-order valence-electron chi connectivity index (χ4n) is 9.15. The van der Waals surface area contributed by atoms with Crippen molar-refractivity contribution >= 4 is 29.7 Å². The van der Waals surface area contributed by atoms with Gasteiger partial charge in [0, 0.05) is 83.1 Å². The van der Waals surface area contributed by atoms with Gasteiger partial charge in [-0.05, 0) is 86.8 Å². The molecule has 13 heteroatoms. The minimum atomic E-state index is -0.998. The van der Waals surface area contributed by atoms with E-state index in [2.05, 4.69) is 15.1 Å². The summed E-state index contributed by atoms with van der Waals surface area (Å²) < 4.78 is 17.6. The summed E-state index contributed by atoms with van der Waals surface area (Å²) in [7, 11) is 0. The Morgan fingerprint density at radius 2 is 1.42 bits per heavy atom. The number of ether oxygens (including phenoxy) is 3. The number of anilines is 1. The van der Waals surface area contributed by atoms with E-state index >= 15 is 0 Å². The quantitative estimate of drug-likeness (QED) is 0.231. The summed E-state index contributed by atoms with van der Waals surface area (Å²) in [5, 5.41) is 3.07. The Bertz CT molecular complexity index is 1900. The highest BCUT2D eigenvalue weighted by molar-refractivity contribution is 5.91. The van der Waals surface area contributed by atoms with E-state index in [1.807, 2.05) is 97.3 Å². The molecule has 4 heterocycles. The molecule has 4 amide bonds. The number of aryl methyl sites for hydroxylation is 2. The van der Waals surface area contributed by atoms with Crippen molar-refractivity contribution in [3.05, 3.63) is 94.5 Å². The molecule has 1 unspecified atom stereocenters. The molecule has 1 N–H and O–H groups in total. The van der Waals surface area contributed by atoms with Gasteiger partial charge < -0.3 is 34.2 Å². The van der Waals surface area contributed by atoms with Gasteiger partial charge in [0.1, 0.15) is 12.4 Å². The maximum absolute atomic E-state index is 14.4. The van der Waals surface area contributed by atoms with E-state index in [4.69, 9.17) is 14.2 Å². The van der Waals surface area contributed by atoms with Crippen LogP contribution in [0.5, 0.6) is 5.75 Å². The number of esters is 1. The van der Waals surface area contributed by atoms with E-state index in [9.17, 15) is 19.2 Å². The average molecular weight is 809 g/mol. The Morgan fingerprint density at radius 1 is 0.763 bits per heavy atom. The fourth-order valence-corrected chi connectivity index (χ4v) is 9.15. The summed E-state index contributed by atoms with van der Waals surface area (Å²) in [6.45, 7) is 12.8. The zero-order valence-electron chi connectivity index (χ0n) is 34.9. The zero-order valence-corrected chi connectivity index (χ0v) is 34.9. The minimum absolute atomic E-state index is 0.000431. The Kier molecular flexibility index (Phi) is 14.1. The highest BCUT2D eigenvalue weighted by Gasteiger charge is 2.36. The van der Waals surface area contributed by atoms with Gasteiger partial charge in [0.15, 0.2) is 6.10 Å². The number of amides is 4. The van der Waals surface area contributed by atoms with Gasteiger partial charge in [-0.3, -0.25) is 19.4 Å². The van der Waals surface area contributed by atoms with Gasteiger partial charge >= 0.3 is 18.1 Å². The van der Waals surface area contributed by atoms with Gasteiger partial charge in [0.2, 0.25) is 0 Å². The first-order valence-corrected chi connectivity index (χ1v) is 21.4. The standard InChI is InChI=1S/C46H60N6O7/c1-4-57-42(53)31-48-19-15-38(16-20-48)49-24-26-50(27-25-49)44(54)41(30-36-28-33(2)43(34(3)29-36)58-32-35-10-6-5-7-11-35)59-46(56)51-21-17-39(18-22-51)52-23-14-37-12-8-9-13-40(37)47-45(52)55/h5-13,28-29,38-39,41H,4,14-27,30-32H2,1-3H3,(H,47,55). The summed E-state index contributed by atoms with van der Waals surface area (Å²) in [5.41, 5.74) is 5.87. The molecule has 4 aliphatic rings. The number of piperidine rings is 2. The van der Waals surface area contributed by atoms with E-state index in [1.54, 1.807) is 4.90 Å². The summed E-state index contributed by atoms with van der Waals surface area (Å²) in [4.78, 5) is 63.6. The number of urea groups is 1. The maximum Gasteiger partial charge on any atom is 0.410 e. The Morgan fingerprint density at radius 3 is 2.12 bits per heavy atom. The Hall–Kier alpha value is -5.14. The van der Waals surface area contributed by atoms with E-state index in [0.29, 0.717) is 71.4 Å². The van der Waals surface area contributed by atoms with Crippen LogP contribution in [0.2, 0.25) is 0 Å². The van der Waals surface area contributed by atoms with Crippen molar-refractivity contribution in [3.63, 3.8) is 0 Å². The van der Waals surface area contributed by atoms with Crippen molar-refractivity contribution in [2.24, 2.45) is 0 Å². The van der Waals surface area contributed by atoms with E-state index < -0.39 is 12.2 Å². The van der Waals surface area contributed by atoms with Crippen molar-refractivity contribution in [2.45, 2.75) is 84.1 Å². The molecule has 3 fully saturated rings. The van der Waals surface area contributed by atoms with Crippen LogP contribution in [0, 0.1) is 13.8 Å². The van der Waals surface area contributed by atoms with Gasteiger partial charge in [-0.15, -0.1) is 0 Å². The third-order valence-electron chi connectivity index (χ3n) is 12.3. The third kappa shape index (κ3) is 10.7. The molecule has 3 saturated heterocycles. The van der Waals surface area contributed by atoms with Gasteiger partial charge in [0.05, 0.1) is 13.2 Å². The van der Waals surface area contributed by atoms with E-state index in [-0.39, 0.29) is 30.4 Å². The number of para-hydroxylation sites is 1. The molecule has 13 nitrogen and oxygen atoms in total. The van der Waals surface area contributed by atoms with Crippen LogP contribution in [0.4, 0.5) is 15.3 Å². The summed E-state index contributed by atoms with van der Waals surface area (Å²) in [6.07, 6.45) is 2.70. The Balaban J connectivity index is 0.982. The van der Waals surface area contributed by atoms with Crippen LogP contribution in [0.1, 0.15) is 60.4 Å². The Labute approximate surface area is 348 Å². The number of fused-ring (bicyclic) bond motifs is 1. The number of nitrogens with one attached hydrogen (secondary N) is 1. The van der Waals surface area contributed by atoms with Crippen LogP contribution in [0.3, 0.4) is 0 Å². The summed E-state index contributed by atoms with van der Waals surface area (Å²) >= 11 is 0. The molecule has 0 bridgehead atoms. The first-order valence-electron chi connectivity index (χ1n) is 21.4. The number of nitrogens with zero attached hydrogens (tertiary/aromatic N) is 5. The number of carbonyl (C=O) groups excluding carboxylic acids is 4. The number of carbonyl (C=O) groups is 4. The number of hydrogen-bond acceptors (Lipinski definition) is 9. The number of likely N-dealkylation sites (tertiary alicyclic amines) is 2. The molecule has 316 valence electrons. The molecule has 1 atom stereocenters. The predicted octanol–water partition coefficient (Wildman–Crippen LogP) is 5.66. The molecule has 0 radical (unpaired) electrons.